The molecule has 1 atom stereocenters. The second-order valence-electron chi connectivity index (χ2n) is 7.91. The number of rotatable bonds is 8. The summed E-state index contributed by atoms with van der Waals surface area (Å²) in [7, 11) is 1.66. The first-order valence-electron chi connectivity index (χ1n) is 9.52. The fourth-order valence-corrected chi connectivity index (χ4v) is 2.86. The van der Waals surface area contributed by atoms with E-state index in [0.717, 1.165) is 30.6 Å². The maximum Gasteiger partial charge on any atom is 0.311 e. The van der Waals surface area contributed by atoms with Crippen LogP contribution >= 0.6 is 0 Å². The third kappa shape index (κ3) is 6.70. The number of methoxy groups -OCH3 is 1. The van der Waals surface area contributed by atoms with Crippen LogP contribution in [0.1, 0.15) is 52.0 Å². The molecule has 0 saturated carbocycles. The molecule has 1 aromatic rings. The molecule has 0 aromatic heterocycles. The van der Waals surface area contributed by atoms with E-state index in [-0.39, 0.29) is 11.8 Å². The molecule has 146 valence electrons. The van der Waals surface area contributed by atoms with E-state index >= 15 is 0 Å². The Kier molecular flexibility index (Phi) is 7.40. The van der Waals surface area contributed by atoms with Gasteiger partial charge in [-0.05, 0) is 69.4 Å². The van der Waals surface area contributed by atoms with Crippen LogP contribution in [0.25, 0.3) is 0 Å². The summed E-state index contributed by atoms with van der Waals surface area (Å²) in [4.78, 5) is 24.2. The first-order chi connectivity index (χ1) is 12.8. The van der Waals surface area contributed by atoms with Crippen molar-refractivity contribution in [2.24, 2.45) is 5.41 Å². The van der Waals surface area contributed by atoms with Gasteiger partial charge in [-0.15, -0.1) is 0 Å². The van der Waals surface area contributed by atoms with Gasteiger partial charge in [-0.25, -0.2) is 0 Å². The molecule has 0 aliphatic heterocycles. The van der Waals surface area contributed by atoms with Gasteiger partial charge in [0.05, 0.1) is 12.5 Å². The average molecular weight is 370 g/mol. The first-order valence-corrected chi connectivity index (χ1v) is 9.52. The fourth-order valence-electron chi connectivity index (χ4n) is 2.86. The number of carbonyl (C=O) groups excluding carboxylic acids is 2. The summed E-state index contributed by atoms with van der Waals surface area (Å²) >= 11 is 0. The van der Waals surface area contributed by atoms with Gasteiger partial charge in [0.2, 0.25) is 0 Å². The van der Waals surface area contributed by atoms with E-state index in [1.165, 1.54) is 5.56 Å². The highest BCUT2D eigenvalue weighted by atomic mass is 16.5. The van der Waals surface area contributed by atoms with Gasteiger partial charge < -0.3 is 9.47 Å². The molecule has 1 aliphatic carbocycles. The molecule has 0 amide bonds. The van der Waals surface area contributed by atoms with E-state index in [0.29, 0.717) is 12.8 Å². The molecular weight excluding hydrogens is 340 g/mol. The number of hydrogen-bond acceptors (Lipinski definition) is 4. The lowest BCUT2D eigenvalue weighted by Crippen LogP contribution is -2.28. The number of allylic oxidation sites excluding steroid dienone is 2. The van der Waals surface area contributed by atoms with Crippen LogP contribution in [0.5, 0.6) is 5.75 Å². The zero-order chi connectivity index (χ0) is 19.9. The number of hydrogen-bond donors (Lipinski definition) is 0. The standard InChI is InChI=1S/C23H30O4/c1-23(2,3)22(25)27-20(16-18-11-8-14-21(18)24)12-6-5-9-17-10-7-13-19(15-17)26-4/h6-7,10-13,15,20H,5,8-9,14,16H2,1-4H3. The molecule has 0 radical (unpaired) electrons. The third-order valence-corrected chi connectivity index (χ3v) is 4.50. The molecule has 27 heavy (non-hydrogen) atoms. The van der Waals surface area contributed by atoms with E-state index < -0.39 is 11.5 Å². The number of ketones is 1. The lowest BCUT2D eigenvalue weighted by Gasteiger charge is -2.21. The predicted octanol–water partition coefficient (Wildman–Crippen LogP) is 4.82. The molecular formula is C23H30O4. The molecule has 4 heteroatoms. The van der Waals surface area contributed by atoms with Crippen molar-refractivity contribution in [1.82, 2.24) is 0 Å². The largest absolute Gasteiger partial charge is 0.497 e. The Hall–Kier alpha value is -2.36. The van der Waals surface area contributed by atoms with Crippen molar-refractivity contribution < 1.29 is 19.1 Å². The highest BCUT2D eigenvalue weighted by Gasteiger charge is 2.27. The van der Waals surface area contributed by atoms with Crippen LogP contribution in [-0.2, 0) is 20.7 Å². The molecule has 1 unspecified atom stereocenters. The first kappa shape index (κ1) is 20.9. The Bertz CT molecular complexity index is 722. The molecule has 1 aromatic carbocycles. The van der Waals surface area contributed by atoms with E-state index in [2.05, 4.69) is 6.07 Å². The Labute approximate surface area is 162 Å². The topological polar surface area (TPSA) is 52.6 Å². The molecule has 0 bridgehead atoms. The van der Waals surface area contributed by atoms with Crippen LogP contribution in [0.15, 0.2) is 48.1 Å². The molecule has 4 nitrogen and oxygen atoms in total. The minimum atomic E-state index is -0.569. The summed E-state index contributed by atoms with van der Waals surface area (Å²) in [6.45, 7) is 5.50. The number of esters is 1. The third-order valence-electron chi connectivity index (χ3n) is 4.50. The highest BCUT2D eigenvalue weighted by Crippen LogP contribution is 2.23. The lowest BCUT2D eigenvalue weighted by atomic mass is 9.97. The summed E-state index contributed by atoms with van der Waals surface area (Å²) in [6.07, 6.45) is 8.99. The van der Waals surface area contributed by atoms with Gasteiger partial charge in [-0.3, -0.25) is 9.59 Å². The van der Waals surface area contributed by atoms with Gasteiger partial charge in [0.15, 0.2) is 5.78 Å². The van der Waals surface area contributed by atoms with Gasteiger partial charge in [-0.2, -0.15) is 0 Å². The normalized spacial score (nSPS) is 15.7. The summed E-state index contributed by atoms with van der Waals surface area (Å²) in [6, 6.07) is 7.99. The minimum absolute atomic E-state index is 0.164. The zero-order valence-electron chi connectivity index (χ0n) is 16.8. The predicted molar refractivity (Wildman–Crippen MR) is 107 cm³/mol. The fraction of sp³-hybridized carbons (Fsp3) is 0.478. The van der Waals surface area contributed by atoms with Crippen molar-refractivity contribution in [1.29, 1.82) is 0 Å². The Morgan fingerprint density at radius 3 is 2.70 bits per heavy atom. The minimum Gasteiger partial charge on any atom is -0.497 e. The van der Waals surface area contributed by atoms with Crippen LogP contribution in [-0.4, -0.2) is 25.0 Å². The average Bonchev–Trinajstić information content (AvgIpc) is 3.02. The summed E-state index contributed by atoms with van der Waals surface area (Å²) in [5.41, 5.74) is 1.40. The maximum atomic E-state index is 12.3. The molecule has 0 N–H and O–H groups in total. The van der Waals surface area contributed by atoms with Gasteiger partial charge >= 0.3 is 5.97 Å². The van der Waals surface area contributed by atoms with Crippen LogP contribution in [0.4, 0.5) is 0 Å². The van der Waals surface area contributed by atoms with E-state index in [9.17, 15) is 9.59 Å². The monoisotopic (exact) mass is 370 g/mol. The Balaban J connectivity index is 1.98. The molecule has 0 fully saturated rings. The van der Waals surface area contributed by atoms with Crippen molar-refractivity contribution >= 4 is 11.8 Å². The van der Waals surface area contributed by atoms with E-state index in [1.54, 1.807) is 7.11 Å². The number of carbonyl (C=O) groups is 2. The quantitative estimate of drug-likeness (QED) is 0.486. The molecule has 2 rings (SSSR count). The summed E-state index contributed by atoms with van der Waals surface area (Å²) in [5, 5.41) is 0. The van der Waals surface area contributed by atoms with Gasteiger partial charge in [0, 0.05) is 12.8 Å². The van der Waals surface area contributed by atoms with Crippen LogP contribution in [0.3, 0.4) is 0 Å². The molecule has 0 heterocycles. The Morgan fingerprint density at radius 2 is 2.07 bits per heavy atom. The summed E-state index contributed by atoms with van der Waals surface area (Å²) < 4.78 is 10.9. The van der Waals surface area contributed by atoms with Crippen molar-refractivity contribution in [3.63, 3.8) is 0 Å². The van der Waals surface area contributed by atoms with Crippen molar-refractivity contribution in [2.75, 3.05) is 7.11 Å². The molecule has 1 aliphatic rings. The van der Waals surface area contributed by atoms with Crippen LogP contribution in [0, 0.1) is 5.41 Å². The maximum absolute atomic E-state index is 12.3. The smallest absolute Gasteiger partial charge is 0.311 e. The SMILES string of the molecule is COc1cccc(CCC=CC(CC2=CCCC2=O)OC(=O)C(C)(C)C)c1. The van der Waals surface area contributed by atoms with Crippen molar-refractivity contribution in [3.8, 4) is 5.75 Å². The number of aryl methyl sites for hydroxylation is 1. The second kappa shape index (κ2) is 9.54. The number of ether oxygens (including phenoxy) is 2. The van der Waals surface area contributed by atoms with Crippen molar-refractivity contribution in [3.05, 3.63) is 53.6 Å². The van der Waals surface area contributed by atoms with Gasteiger partial charge in [0.25, 0.3) is 0 Å². The van der Waals surface area contributed by atoms with Crippen molar-refractivity contribution in [2.45, 2.75) is 59.0 Å². The molecule has 0 saturated heterocycles. The Morgan fingerprint density at radius 1 is 1.30 bits per heavy atom. The van der Waals surface area contributed by atoms with E-state index in [1.807, 2.05) is 57.2 Å². The van der Waals surface area contributed by atoms with Crippen LogP contribution < -0.4 is 4.74 Å². The van der Waals surface area contributed by atoms with E-state index in [4.69, 9.17) is 9.47 Å². The van der Waals surface area contributed by atoms with Gasteiger partial charge in [-0.1, -0.05) is 24.3 Å². The number of benzene rings is 1. The van der Waals surface area contributed by atoms with Crippen LogP contribution in [0.2, 0.25) is 0 Å². The summed E-state index contributed by atoms with van der Waals surface area (Å²) in [5.74, 6) is 0.757. The zero-order valence-corrected chi connectivity index (χ0v) is 16.8. The lowest BCUT2D eigenvalue weighted by molar-refractivity contribution is -0.156. The second-order valence-corrected chi connectivity index (χ2v) is 7.91. The molecule has 0 spiro atoms. The number of Topliss-reactive ketones (excluding diaryl/α,β-unsaturated/α-hetero) is 1. The van der Waals surface area contributed by atoms with Gasteiger partial charge in [0.1, 0.15) is 11.9 Å². The highest BCUT2D eigenvalue weighted by molar-refractivity contribution is 5.97.